The third-order valence-corrected chi connectivity index (χ3v) is 4.15. The summed E-state index contributed by atoms with van der Waals surface area (Å²) in [7, 11) is 0. The van der Waals surface area contributed by atoms with E-state index in [0.717, 1.165) is 18.9 Å². The first kappa shape index (κ1) is 19.9. The molecule has 0 bridgehead atoms. The number of anilines is 1. The summed E-state index contributed by atoms with van der Waals surface area (Å²) in [6, 6.07) is 3.64. The zero-order chi connectivity index (χ0) is 19.5. The summed E-state index contributed by atoms with van der Waals surface area (Å²) >= 11 is 0. The van der Waals surface area contributed by atoms with Crippen LogP contribution in [0.15, 0.2) is 22.9 Å². The van der Waals surface area contributed by atoms with E-state index in [-0.39, 0.29) is 11.3 Å². The molecule has 0 aliphatic rings. The summed E-state index contributed by atoms with van der Waals surface area (Å²) in [6.07, 6.45) is 1.59. The van der Waals surface area contributed by atoms with Gasteiger partial charge in [-0.1, -0.05) is 25.9 Å². The molecule has 0 fully saturated rings. The second kappa shape index (κ2) is 7.43. The van der Waals surface area contributed by atoms with Crippen molar-refractivity contribution in [2.45, 2.75) is 59.4 Å². The number of aromatic nitrogens is 3. The Morgan fingerprint density at radius 2 is 1.81 bits per heavy atom. The number of hydrogen-bond acceptors (Lipinski definition) is 6. The summed E-state index contributed by atoms with van der Waals surface area (Å²) < 4.78 is 5.34. The molecule has 7 nitrogen and oxygen atoms in total. The van der Waals surface area contributed by atoms with Crippen molar-refractivity contribution in [2.24, 2.45) is 0 Å². The molecular weight excluding hydrogens is 330 g/mol. The number of carbonyl (C=O) groups is 1. The largest absolute Gasteiger partial charge is 0.357 e. The second-order valence-electron chi connectivity index (χ2n) is 7.83. The van der Waals surface area contributed by atoms with Gasteiger partial charge in [-0.25, -0.2) is 4.98 Å². The van der Waals surface area contributed by atoms with E-state index in [1.807, 2.05) is 40.7 Å². The van der Waals surface area contributed by atoms with Crippen molar-refractivity contribution >= 4 is 11.7 Å². The highest BCUT2D eigenvalue weighted by Gasteiger charge is 2.31. The Balaban J connectivity index is 2.14. The molecule has 0 unspecified atom stereocenters. The molecule has 2 heterocycles. The fourth-order valence-corrected chi connectivity index (χ4v) is 2.45. The smallest absolute Gasteiger partial charge is 0.253 e. The predicted octanol–water partition coefficient (Wildman–Crippen LogP) is 3.27. The average molecular weight is 359 g/mol. The fourth-order valence-electron chi connectivity index (χ4n) is 2.45. The molecule has 1 amide bonds. The lowest BCUT2D eigenvalue weighted by atomic mass is 9.97. The number of hydrogen-bond donors (Lipinski definition) is 1. The van der Waals surface area contributed by atoms with Crippen LogP contribution in [0.1, 0.15) is 70.5 Å². The Morgan fingerprint density at radius 3 is 2.27 bits per heavy atom. The molecule has 0 aromatic carbocycles. The molecule has 2 rings (SSSR count). The van der Waals surface area contributed by atoms with Crippen LogP contribution in [0.5, 0.6) is 0 Å². The van der Waals surface area contributed by atoms with Crippen LogP contribution in [0.2, 0.25) is 0 Å². The number of amides is 1. The van der Waals surface area contributed by atoms with Gasteiger partial charge in [0, 0.05) is 24.7 Å². The lowest BCUT2D eigenvalue weighted by molar-refractivity contribution is 0.0907. The number of nitrogens with one attached hydrogen (secondary N) is 1. The quantitative estimate of drug-likeness (QED) is 0.852. The molecule has 7 heteroatoms. The summed E-state index contributed by atoms with van der Waals surface area (Å²) in [4.78, 5) is 23.6. The van der Waals surface area contributed by atoms with Crippen molar-refractivity contribution in [3.8, 4) is 0 Å². The first-order chi connectivity index (χ1) is 12.1. The minimum absolute atomic E-state index is 0.226. The Labute approximate surface area is 155 Å². The first-order valence-corrected chi connectivity index (χ1v) is 8.96. The van der Waals surface area contributed by atoms with Crippen LogP contribution in [0.4, 0.5) is 5.82 Å². The fraction of sp³-hybridized carbons (Fsp3) is 0.579. The highest BCUT2D eigenvalue weighted by atomic mass is 16.5. The highest BCUT2D eigenvalue weighted by molar-refractivity contribution is 5.94. The average Bonchev–Trinajstić information content (AvgIpc) is 3.07. The second-order valence-corrected chi connectivity index (χ2v) is 7.83. The van der Waals surface area contributed by atoms with E-state index in [4.69, 9.17) is 4.52 Å². The maximum atomic E-state index is 12.6. The highest BCUT2D eigenvalue weighted by Crippen LogP contribution is 2.24. The normalized spacial score (nSPS) is 12.1. The number of carbonyl (C=O) groups excluding carboxylic acids is 1. The van der Waals surface area contributed by atoms with Crippen molar-refractivity contribution in [2.75, 3.05) is 18.0 Å². The van der Waals surface area contributed by atoms with Crippen LogP contribution < -0.4 is 10.2 Å². The van der Waals surface area contributed by atoms with Gasteiger partial charge >= 0.3 is 0 Å². The molecular formula is C19H29N5O2. The zero-order valence-electron chi connectivity index (χ0n) is 16.8. The molecule has 1 N–H and O–H groups in total. The van der Waals surface area contributed by atoms with E-state index in [9.17, 15) is 4.79 Å². The summed E-state index contributed by atoms with van der Waals surface area (Å²) in [5, 5.41) is 6.99. The Morgan fingerprint density at radius 1 is 1.15 bits per heavy atom. The minimum Gasteiger partial charge on any atom is -0.357 e. The third kappa shape index (κ3) is 4.39. The SMILES string of the molecule is CCN(CC)c1ccc(C(=O)NC(C)(C)c2noc(C(C)(C)C)n2)cn1. The molecule has 0 spiro atoms. The van der Waals surface area contributed by atoms with Crippen molar-refractivity contribution in [3.63, 3.8) is 0 Å². The molecule has 0 atom stereocenters. The molecule has 142 valence electrons. The van der Waals surface area contributed by atoms with E-state index in [0.29, 0.717) is 17.3 Å². The number of rotatable bonds is 6. The predicted molar refractivity (Wildman–Crippen MR) is 101 cm³/mol. The maximum Gasteiger partial charge on any atom is 0.253 e. The van der Waals surface area contributed by atoms with Gasteiger partial charge in [-0.3, -0.25) is 4.79 Å². The molecule has 0 radical (unpaired) electrons. The first-order valence-electron chi connectivity index (χ1n) is 8.96. The molecule has 2 aromatic heterocycles. The van der Waals surface area contributed by atoms with Crippen molar-refractivity contribution in [1.82, 2.24) is 20.4 Å². The van der Waals surface area contributed by atoms with Crippen LogP contribution in [0, 0.1) is 0 Å². The van der Waals surface area contributed by atoms with E-state index >= 15 is 0 Å². The van der Waals surface area contributed by atoms with Crippen LogP contribution >= 0.6 is 0 Å². The Hall–Kier alpha value is -2.44. The van der Waals surface area contributed by atoms with Gasteiger partial charge in [-0.15, -0.1) is 0 Å². The van der Waals surface area contributed by atoms with Gasteiger partial charge in [0.1, 0.15) is 5.82 Å². The molecule has 2 aromatic rings. The zero-order valence-corrected chi connectivity index (χ0v) is 16.8. The van der Waals surface area contributed by atoms with Crippen molar-refractivity contribution in [3.05, 3.63) is 35.6 Å². The molecule has 0 aliphatic heterocycles. The van der Waals surface area contributed by atoms with Gasteiger partial charge in [0.25, 0.3) is 5.91 Å². The van der Waals surface area contributed by atoms with E-state index < -0.39 is 5.54 Å². The number of pyridine rings is 1. The molecule has 26 heavy (non-hydrogen) atoms. The summed E-state index contributed by atoms with van der Waals surface area (Å²) in [6.45, 7) is 15.6. The van der Waals surface area contributed by atoms with Crippen LogP contribution in [0.25, 0.3) is 0 Å². The summed E-state index contributed by atoms with van der Waals surface area (Å²) in [5.74, 6) is 1.62. The number of nitrogens with zero attached hydrogens (tertiary/aromatic N) is 4. The van der Waals surface area contributed by atoms with Crippen molar-refractivity contribution in [1.29, 1.82) is 0 Å². The Bertz CT molecular complexity index is 740. The molecule has 0 saturated carbocycles. The third-order valence-electron chi connectivity index (χ3n) is 4.15. The van der Waals surface area contributed by atoms with Gasteiger partial charge in [0.05, 0.1) is 11.1 Å². The molecule has 0 aliphatic carbocycles. The molecule has 0 saturated heterocycles. The van der Waals surface area contributed by atoms with Crippen LogP contribution in [-0.2, 0) is 11.0 Å². The maximum absolute atomic E-state index is 12.6. The van der Waals surface area contributed by atoms with Crippen LogP contribution in [-0.4, -0.2) is 34.1 Å². The van der Waals surface area contributed by atoms with Gasteiger partial charge in [-0.05, 0) is 39.8 Å². The standard InChI is InChI=1S/C19H29N5O2/c1-8-24(9-2)14-11-10-13(12-20-14)15(25)22-19(6,7)16-21-17(26-23-16)18(3,4)5/h10-12H,8-9H2,1-7H3,(H,22,25). The van der Waals surface area contributed by atoms with E-state index in [1.165, 1.54) is 0 Å². The minimum atomic E-state index is -0.762. The monoisotopic (exact) mass is 359 g/mol. The lowest BCUT2D eigenvalue weighted by Crippen LogP contribution is -2.42. The van der Waals surface area contributed by atoms with Gasteiger partial charge < -0.3 is 14.7 Å². The lowest BCUT2D eigenvalue weighted by Gasteiger charge is -2.23. The van der Waals surface area contributed by atoms with Gasteiger partial charge in [0.2, 0.25) is 5.89 Å². The topological polar surface area (TPSA) is 84.2 Å². The van der Waals surface area contributed by atoms with Crippen molar-refractivity contribution < 1.29 is 9.32 Å². The Kier molecular flexibility index (Phi) is 5.68. The van der Waals surface area contributed by atoms with E-state index in [1.54, 1.807) is 12.3 Å². The summed E-state index contributed by atoms with van der Waals surface area (Å²) in [5.41, 5.74) is -0.509. The van der Waals surface area contributed by atoms with Gasteiger partial charge in [-0.2, -0.15) is 4.98 Å². The van der Waals surface area contributed by atoms with E-state index in [2.05, 4.69) is 39.2 Å². The van der Waals surface area contributed by atoms with Gasteiger partial charge in [0.15, 0.2) is 5.82 Å². The van der Waals surface area contributed by atoms with Crippen LogP contribution in [0.3, 0.4) is 0 Å².